The molecule has 2 heterocycles. The van der Waals surface area contributed by atoms with E-state index in [1.807, 2.05) is 6.92 Å². The fourth-order valence-corrected chi connectivity index (χ4v) is 3.24. The van der Waals surface area contributed by atoms with Gasteiger partial charge in [0.25, 0.3) is 0 Å². The van der Waals surface area contributed by atoms with Crippen LogP contribution in [-0.2, 0) is 0 Å². The lowest BCUT2D eigenvalue weighted by Gasteiger charge is -2.29. The molecule has 1 aliphatic rings. The number of rotatable bonds is 2. The molecule has 1 atom stereocenters. The van der Waals surface area contributed by atoms with Gasteiger partial charge in [-0.05, 0) is 36.1 Å². The largest absolute Gasteiger partial charge is 0.359 e. The number of nitrogens with one attached hydrogen (secondary N) is 1. The molecule has 116 valence electrons. The molecular formula is C20H21N3. The number of para-hydroxylation sites is 1. The van der Waals surface area contributed by atoms with Crippen molar-refractivity contribution in [3.05, 3.63) is 71.4 Å². The molecule has 0 radical (unpaired) electrons. The van der Waals surface area contributed by atoms with Gasteiger partial charge in [0.05, 0.1) is 11.4 Å². The summed E-state index contributed by atoms with van der Waals surface area (Å²) in [6, 6.07) is 19.5. The molecule has 23 heavy (non-hydrogen) atoms. The molecule has 3 nitrogen and oxygen atoms in total. The highest BCUT2D eigenvalue weighted by Gasteiger charge is 2.26. The van der Waals surface area contributed by atoms with Crippen LogP contribution in [0.3, 0.4) is 0 Å². The zero-order chi connectivity index (χ0) is 16.0. The molecule has 1 unspecified atom stereocenters. The highest BCUT2D eigenvalue weighted by Crippen LogP contribution is 2.38. The van der Waals surface area contributed by atoms with Crippen LogP contribution in [-0.4, -0.2) is 9.78 Å². The van der Waals surface area contributed by atoms with Gasteiger partial charge in [-0.25, -0.2) is 4.68 Å². The maximum atomic E-state index is 4.72. The van der Waals surface area contributed by atoms with Crippen molar-refractivity contribution in [3.63, 3.8) is 0 Å². The summed E-state index contributed by atoms with van der Waals surface area (Å²) in [7, 11) is 0. The van der Waals surface area contributed by atoms with Crippen LogP contribution in [0, 0.1) is 6.92 Å². The van der Waals surface area contributed by atoms with E-state index in [2.05, 4.69) is 78.4 Å². The number of benzene rings is 2. The molecule has 0 fully saturated rings. The van der Waals surface area contributed by atoms with Crippen LogP contribution < -0.4 is 5.32 Å². The van der Waals surface area contributed by atoms with Crippen molar-refractivity contribution < 1.29 is 0 Å². The molecule has 1 N–H and O–H groups in total. The SMILES string of the molecule is Cc1cc2n(n1)C(c1ccc(C(C)C)cc1)Nc1ccccc1-2. The molecule has 0 saturated heterocycles. The standard InChI is InChI=1S/C20H21N3/c1-13(2)15-8-10-16(11-9-15)20-21-18-7-5-4-6-17(18)19-12-14(3)22-23(19)20/h4-13,20-21H,1-3H3. The van der Waals surface area contributed by atoms with Crippen LogP contribution in [0.1, 0.15) is 42.8 Å². The second-order valence-electron chi connectivity index (χ2n) is 6.53. The van der Waals surface area contributed by atoms with Gasteiger partial charge in [-0.1, -0.05) is 56.3 Å². The summed E-state index contributed by atoms with van der Waals surface area (Å²) in [5.74, 6) is 0.548. The Labute approximate surface area is 137 Å². The van der Waals surface area contributed by atoms with E-state index < -0.39 is 0 Å². The van der Waals surface area contributed by atoms with Crippen LogP contribution in [0.2, 0.25) is 0 Å². The van der Waals surface area contributed by atoms with Gasteiger partial charge in [0.1, 0.15) is 6.17 Å². The third-order valence-corrected chi connectivity index (χ3v) is 4.52. The number of hydrogen-bond acceptors (Lipinski definition) is 2. The van der Waals surface area contributed by atoms with Gasteiger partial charge in [-0.2, -0.15) is 5.10 Å². The summed E-state index contributed by atoms with van der Waals surface area (Å²) >= 11 is 0. The Morgan fingerprint density at radius 2 is 1.78 bits per heavy atom. The molecule has 0 bridgehead atoms. The molecule has 3 heteroatoms. The number of aryl methyl sites for hydroxylation is 1. The molecule has 0 amide bonds. The van der Waals surface area contributed by atoms with Gasteiger partial charge in [0.2, 0.25) is 0 Å². The van der Waals surface area contributed by atoms with Crippen LogP contribution in [0.15, 0.2) is 54.6 Å². The van der Waals surface area contributed by atoms with Crippen LogP contribution in [0.4, 0.5) is 5.69 Å². The van der Waals surface area contributed by atoms with Crippen molar-refractivity contribution in [1.29, 1.82) is 0 Å². The third kappa shape index (κ3) is 2.33. The van der Waals surface area contributed by atoms with Gasteiger partial charge < -0.3 is 5.32 Å². The van der Waals surface area contributed by atoms with Crippen molar-refractivity contribution in [2.45, 2.75) is 32.9 Å². The Kier molecular flexibility index (Phi) is 3.22. The second kappa shape index (κ2) is 5.27. The van der Waals surface area contributed by atoms with Gasteiger partial charge in [0.15, 0.2) is 0 Å². The lowest BCUT2D eigenvalue weighted by atomic mass is 9.99. The van der Waals surface area contributed by atoms with E-state index in [0.717, 1.165) is 11.4 Å². The lowest BCUT2D eigenvalue weighted by Crippen LogP contribution is -2.25. The maximum absolute atomic E-state index is 4.72. The zero-order valence-corrected chi connectivity index (χ0v) is 13.7. The van der Waals surface area contributed by atoms with E-state index in [0.29, 0.717) is 5.92 Å². The first-order valence-electron chi connectivity index (χ1n) is 8.15. The molecule has 0 saturated carbocycles. The fourth-order valence-electron chi connectivity index (χ4n) is 3.24. The van der Waals surface area contributed by atoms with E-state index in [1.165, 1.54) is 22.4 Å². The van der Waals surface area contributed by atoms with Crippen LogP contribution in [0.25, 0.3) is 11.3 Å². The van der Waals surface area contributed by atoms with Crippen molar-refractivity contribution >= 4 is 5.69 Å². The average Bonchev–Trinajstić information content (AvgIpc) is 2.96. The van der Waals surface area contributed by atoms with Crippen LogP contribution >= 0.6 is 0 Å². The van der Waals surface area contributed by atoms with Gasteiger partial charge >= 0.3 is 0 Å². The highest BCUT2D eigenvalue weighted by atomic mass is 15.4. The minimum absolute atomic E-state index is 0.0369. The van der Waals surface area contributed by atoms with Crippen molar-refractivity contribution in [3.8, 4) is 11.3 Å². The molecule has 3 aromatic rings. The van der Waals surface area contributed by atoms with E-state index in [4.69, 9.17) is 5.10 Å². The minimum atomic E-state index is 0.0369. The number of nitrogens with zero attached hydrogens (tertiary/aromatic N) is 2. The monoisotopic (exact) mass is 303 g/mol. The predicted molar refractivity (Wildman–Crippen MR) is 94.7 cm³/mol. The zero-order valence-electron chi connectivity index (χ0n) is 13.7. The summed E-state index contributed by atoms with van der Waals surface area (Å²) in [4.78, 5) is 0. The quantitative estimate of drug-likeness (QED) is 0.725. The first kappa shape index (κ1) is 14.1. The van der Waals surface area contributed by atoms with Crippen molar-refractivity contribution in [2.75, 3.05) is 5.32 Å². The summed E-state index contributed by atoms with van der Waals surface area (Å²) in [5.41, 5.74) is 7.19. The molecule has 0 aliphatic carbocycles. The predicted octanol–water partition coefficient (Wildman–Crippen LogP) is 4.95. The summed E-state index contributed by atoms with van der Waals surface area (Å²) in [6.45, 7) is 6.49. The summed E-state index contributed by atoms with van der Waals surface area (Å²) in [6.07, 6.45) is 0.0369. The van der Waals surface area contributed by atoms with Crippen molar-refractivity contribution in [2.24, 2.45) is 0 Å². The molecule has 0 spiro atoms. The Bertz CT molecular complexity index is 844. The number of aromatic nitrogens is 2. The molecule has 4 rings (SSSR count). The fraction of sp³-hybridized carbons (Fsp3) is 0.250. The van der Waals surface area contributed by atoms with E-state index >= 15 is 0 Å². The number of anilines is 1. The van der Waals surface area contributed by atoms with Gasteiger partial charge in [0, 0.05) is 11.3 Å². The minimum Gasteiger partial charge on any atom is -0.359 e. The molecular weight excluding hydrogens is 282 g/mol. The maximum Gasteiger partial charge on any atom is 0.147 e. The topological polar surface area (TPSA) is 29.9 Å². The van der Waals surface area contributed by atoms with Crippen LogP contribution in [0.5, 0.6) is 0 Å². The average molecular weight is 303 g/mol. The Balaban J connectivity index is 1.81. The number of hydrogen-bond donors (Lipinski definition) is 1. The van der Waals surface area contributed by atoms with Gasteiger partial charge in [-0.3, -0.25) is 0 Å². The summed E-state index contributed by atoms with van der Waals surface area (Å²) < 4.78 is 2.10. The van der Waals surface area contributed by atoms with E-state index in [1.54, 1.807) is 0 Å². The highest BCUT2D eigenvalue weighted by molar-refractivity contribution is 5.78. The Hall–Kier alpha value is -2.55. The molecule has 2 aromatic carbocycles. The second-order valence-corrected chi connectivity index (χ2v) is 6.53. The Morgan fingerprint density at radius 1 is 1.04 bits per heavy atom. The summed E-state index contributed by atoms with van der Waals surface area (Å²) in [5, 5.41) is 8.35. The normalized spacial score (nSPS) is 15.9. The van der Waals surface area contributed by atoms with Crippen molar-refractivity contribution in [1.82, 2.24) is 9.78 Å². The lowest BCUT2D eigenvalue weighted by molar-refractivity contribution is 0.571. The van der Waals surface area contributed by atoms with E-state index in [9.17, 15) is 0 Å². The Morgan fingerprint density at radius 3 is 2.52 bits per heavy atom. The van der Waals surface area contributed by atoms with E-state index in [-0.39, 0.29) is 6.17 Å². The first-order chi connectivity index (χ1) is 11.1. The smallest absolute Gasteiger partial charge is 0.147 e. The molecule has 1 aliphatic heterocycles. The third-order valence-electron chi connectivity index (χ3n) is 4.52. The number of fused-ring (bicyclic) bond motifs is 3. The molecule has 1 aromatic heterocycles. The van der Waals surface area contributed by atoms with Gasteiger partial charge in [-0.15, -0.1) is 0 Å². The first-order valence-corrected chi connectivity index (χ1v) is 8.15.